The maximum absolute atomic E-state index is 12.0. The Morgan fingerprint density at radius 2 is 2.21 bits per heavy atom. The number of hydrogen-bond acceptors (Lipinski definition) is 5. The van der Waals surface area contributed by atoms with Gasteiger partial charge in [0.05, 0.1) is 5.60 Å². The molecule has 0 spiro atoms. The van der Waals surface area contributed by atoms with Gasteiger partial charge in [0, 0.05) is 43.5 Å². The molecular weight excluding hydrogens is 336 g/mol. The van der Waals surface area contributed by atoms with Crippen molar-refractivity contribution < 1.29 is 18.3 Å². The number of aromatic nitrogens is 1. The summed E-state index contributed by atoms with van der Waals surface area (Å²) in [5.74, 6) is 0. The molecule has 0 radical (unpaired) electrons. The van der Waals surface area contributed by atoms with E-state index in [9.17, 15) is 13.5 Å². The molecule has 0 aromatic carbocycles. The number of nitrogens with zero attached hydrogens (tertiary/aromatic N) is 1. The summed E-state index contributed by atoms with van der Waals surface area (Å²) in [4.78, 5) is 3.84. The summed E-state index contributed by atoms with van der Waals surface area (Å²) < 4.78 is 31.8. The summed E-state index contributed by atoms with van der Waals surface area (Å²) in [6, 6.07) is 1.44. The lowest BCUT2D eigenvalue weighted by atomic mass is 10.0. The van der Waals surface area contributed by atoms with E-state index < -0.39 is 15.6 Å². The van der Waals surface area contributed by atoms with Crippen LogP contribution in [0.25, 0.3) is 0 Å². The van der Waals surface area contributed by atoms with Crippen LogP contribution >= 0.6 is 15.9 Å². The number of pyridine rings is 1. The summed E-state index contributed by atoms with van der Waals surface area (Å²) in [6.07, 6.45) is 3.08. The van der Waals surface area contributed by atoms with Crippen molar-refractivity contribution in [3.8, 4) is 0 Å². The Hall–Kier alpha value is -0.540. The van der Waals surface area contributed by atoms with Crippen molar-refractivity contribution in [1.82, 2.24) is 9.71 Å². The summed E-state index contributed by atoms with van der Waals surface area (Å²) >= 11 is 3.16. The SMILES string of the molecule is COCCC(C)(O)CNS(=O)(=O)c1cncc(Br)c1. The Kier molecular flexibility index (Phi) is 5.87. The number of sulfonamides is 1. The summed E-state index contributed by atoms with van der Waals surface area (Å²) in [6.45, 7) is 1.81. The van der Waals surface area contributed by atoms with Gasteiger partial charge in [-0.15, -0.1) is 0 Å². The zero-order valence-corrected chi connectivity index (χ0v) is 13.2. The van der Waals surface area contributed by atoms with Gasteiger partial charge in [0.25, 0.3) is 0 Å². The molecule has 108 valence electrons. The average molecular weight is 353 g/mol. The number of rotatable bonds is 7. The van der Waals surface area contributed by atoms with Gasteiger partial charge in [-0.1, -0.05) is 0 Å². The van der Waals surface area contributed by atoms with Crippen LogP contribution in [0.4, 0.5) is 0 Å². The second-order valence-corrected chi connectivity index (χ2v) is 7.09. The first-order chi connectivity index (χ1) is 8.77. The third-order valence-electron chi connectivity index (χ3n) is 2.48. The maximum Gasteiger partial charge on any atom is 0.242 e. The van der Waals surface area contributed by atoms with Crippen LogP contribution in [0.5, 0.6) is 0 Å². The highest BCUT2D eigenvalue weighted by Gasteiger charge is 2.24. The number of halogens is 1. The van der Waals surface area contributed by atoms with Crippen LogP contribution in [-0.2, 0) is 14.8 Å². The molecule has 0 saturated carbocycles. The first-order valence-corrected chi connectivity index (χ1v) is 7.86. The molecule has 0 aliphatic carbocycles. The molecule has 1 unspecified atom stereocenters. The molecule has 0 bridgehead atoms. The van der Waals surface area contributed by atoms with E-state index >= 15 is 0 Å². The van der Waals surface area contributed by atoms with Crippen molar-refractivity contribution >= 4 is 26.0 Å². The van der Waals surface area contributed by atoms with E-state index in [1.807, 2.05) is 0 Å². The molecule has 0 saturated heterocycles. The van der Waals surface area contributed by atoms with Gasteiger partial charge in [0.15, 0.2) is 0 Å². The van der Waals surface area contributed by atoms with Gasteiger partial charge in [0.1, 0.15) is 4.90 Å². The molecule has 0 aliphatic heterocycles. The van der Waals surface area contributed by atoms with Crippen molar-refractivity contribution in [1.29, 1.82) is 0 Å². The average Bonchev–Trinajstić information content (AvgIpc) is 2.34. The topological polar surface area (TPSA) is 88.5 Å². The van der Waals surface area contributed by atoms with Gasteiger partial charge >= 0.3 is 0 Å². The molecule has 6 nitrogen and oxygen atoms in total. The van der Waals surface area contributed by atoms with Gasteiger partial charge in [-0.05, 0) is 28.9 Å². The van der Waals surface area contributed by atoms with Crippen molar-refractivity contribution in [2.24, 2.45) is 0 Å². The molecule has 1 rings (SSSR count). The smallest absolute Gasteiger partial charge is 0.242 e. The fraction of sp³-hybridized carbons (Fsp3) is 0.545. The molecule has 0 amide bonds. The van der Waals surface area contributed by atoms with Gasteiger partial charge in [-0.25, -0.2) is 13.1 Å². The minimum absolute atomic E-state index is 0.0458. The molecule has 8 heteroatoms. The predicted molar refractivity (Wildman–Crippen MR) is 74.2 cm³/mol. The molecule has 2 N–H and O–H groups in total. The van der Waals surface area contributed by atoms with Crippen molar-refractivity contribution in [2.75, 3.05) is 20.3 Å². The van der Waals surface area contributed by atoms with E-state index in [1.54, 1.807) is 6.92 Å². The highest BCUT2D eigenvalue weighted by Crippen LogP contribution is 2.15. The monoisotopic (exact) mass is 352 g/mol. The first kappa shape index (κ1) is 16.5. The molecule has 0 aliphatic rings. The Morgan fingerprint density at radius 3 is 2.79 bits per heavy atom. The highest BCUT2D eigenvalue weighted by molar-refractivity contribution is 9.10. The standard InChI is InChI=1S/C11H17BrN2O4S/c1-11(15,3-4-18-2)8-14-19(16,17)10-5-9(12)6-13-7-10/h5-7,14-15H,3-4,8H2,1-2H3. The van der Waals surface area contributed by atoms with Crippen molar-refractivity contribution in [3.05, 3.63) is 22.9 Å². The van der Waals surface area contributed by atoms with E-state index in [-0.39, 0.29) is 11.4 Å². The van der Waals surface area contributed by atoms with Crippen LogP contribution in [0, 0.1) is 0 Å². The van der Waals surface area contributed by atoms with E-state index in [1.165, 1.54) is 25.6 Å². The third kappa shape index (κ3) is 5.53. The molecule has 1 aromatic rings. The molecule has 1 aromatic heterocycles. The van der Waals surface area contributed by atoms with Gasteiger partial charge in [-0.3, -0.25) is 4.98 Å². The molecule has 1 atom stereocenters. The first-order valence-electron chi connectivity index (χ1n) is 5.58. The zero-order chi connectivity index (χ0) is 14.5. The minimum Gasteiger partial charge on any atom is -0.389 e. The largest absolute Gasteiger partial charge is 0.389 e. The van der Waals surface area contributed by atoms with E-state index in [0.29, 0.717) is 17.5 Å². The Balaban J connectivity index is 2.71. The zero-order valence-electron chi connectivity index (χ0n) is 10.8. The van der Waals surface area contributed by atoms with Crippen LogP contribution in [0.2, 0.25) is 0 Å². The number of ether oxygens (including phenoxy) is 1. The van der Waals surface area contributed by atoms with E-state index in [4.69, 9.17) is 4.74 Å². The van der Waals surface area contributed by atoms with Crippen LogP contribution in [0.15, 0.2) is 27.8 Å². The number of hydrogen-bond donors (Lipinski definition) is 2. The molecule has 19 heavy (non-hydrogen) atoms. The Labute approximate surface area is 121 Å². The summed E-state index contributed by atoms with van der Waals surface area (Å²) in [5, 5.41) is 9.98. The van der Waals surface area contributed by atoms with Crippen LogP contribution in [-0.4, -0.2) is 44.4 Å². The lowest BCUT2D eigenvalue weighted by Crippen LogP contribution is -2.41. The highest BCUT2D eigenvalue weighted by atomic mass is 79.9. The number of nitrogens with one attached hydrogen (secondary N) is 1. The second-order valence-electron chi connectivity index (χ2n) is 4.40. The van der Waals surface area contributed by atoms with Crippen molar-refractivity contribution in [2.45, 2.75) is 23.8 Å². The third-order valence-corrected chi connectivity index (χ3v) is 4.28. The van der Waals surface area contributed by atoms with Gasteiger partial charge in [0.2, 0.25) is 10.0 Å². The molecule has 0 fully saturated rings. The predicted octanol–water partition coefficient (Wildman–Crippen LogP) is 0.910. The lowest BCUT2D eigenvalue weighted by molar-refractivity contribution is 0.0292. The summed E-state index contributed by atoms with van der Waals surface area (Å²) in [7, 11) is -2.16. The maximum atomic E-state index is 12.0. The Morgan fingerprint density at radius 1 is 1.53 bits per heavy atom. The number of methoxy groups -OCH3 is 1. The lowest BCUT2D eigenvalue weighted by Gasteiger charge is -2.23. The fourth-order valence-corrected chi connectivity index (χ4v) is 2.95. The van der Waals surface area contributed by atoms with Crippen LogP contribution < -0.4 is 4.72 Å². The minimum atomic E-state index is -3.68. The van der Waals surface area contributed by atoms with E-state index in [0.717, 1.165) is 0 Å². The van der Waals surface area contributed by atoms with Gasteiger partial charge < -0.3 is 9.84 Å². The van der Waals surface area contributed by atoms with Crippen LogP contribution in [0.1, 0.15) is 13.3 Å². The quantitative estimate of drug-likeness (QED) is 0.761. The fourth-order valence-electron chi connectivity index (χ4n) is 1.28. The summed E-state index contributed by atoms with van der Waals surface area (Å²) in [5.41, 5.74) is -1.16. The van der Waals surface area contributed by atoms with E-state index in [2.05, 4.69) is 25.6 Å². The normalized spacial score (nSPS) is 15.2. The van der Waals surface area contributed by atoms with Crippen LogP contribution in [0.3, 0.4) is 0 Å². The number of aliphatic hydroxyl groups is 1. The molecular formula is C11H17BrN2O4S. The molecule has 1 heterocycles. The van der Waals surface area contributed by atoms with Gasteiger partial charge in [-0.2, -0.15) is 0 Å². The van der Waals surface area contributed by atoms with Crippen molar-refractivity contribution in [3.63, 3.8) is 0 Å². The second kappa shape index (κ2) is 6.76. The Bertz CT molecular complexity index is 519.